The summed E-state index contributed by atoms with van der Waals surface area (Å²) in [6, 6.07) is 0. The number of hydrogen-bond donors (Lipinski definition) is 2. The fourth-order valence-corrected chi connectivity index (χ4v) is 1.44. The van der Waals surface area contributed by atoms with Crippen molar-refractivity contribution in [3.8, 4) is 0 Å². The van der Waals surface area contributed by atoms with E-state index in [2.05, 4.69) is 19.2 Å². The molecule has 0 saturated carbocycles. The van der Waals surface area contributed by atoms with Gasteiger partial charge in [-0.05, 0) is 31.7 Å². The quantitative estimate of drug-likeness (QED) is 0.619. The van der Waals surface area contributed by atoms with E-state index in [1.807, 2.05) is 0 Å². The molecule has 0 aliphatic heterocycles. The highest BCUT2D eigenvalue weighted by Crippen LogP contribution is 2.25. The minimum Gasteiger partial charge on any atom is -0.465 e. The Balaban J connectivity index is 3.76. The molecular formula is C12H24N2O3. The number of nitrogens with one attached hydrogen (secondary N) is 1. The summed E-state index contributed by atoms with van der Waals surface area (Å²) in [7, 11) is 0. The minimum absolute atomic E-state index is 0.0516. The topological polar surface area (TPSA) is 81.4 Å². The molecule has 0 heterocycles. The van der Waals surface area contributed by atoms with Gasteiger partial charge in [0.1, 0.15) is 6.54 Å². The van der Waals surface area contributed by atoms with E-state index in [0.717, 1.165) is 12.8 Å². The summed E-state index contributed by atoms with van der Waals surface area (Å²) < 4.78 is 4.71. The summed E-state index contributed by atoms with van der Waals surface area (Å²) >= 11 is 0. The number of amides is 1. The molecule has 0 spiro atoms. The van der Waals surface area contributed by atoms with Crippen molar-refractivity contribution in [2.45, 2.75) is 40.0 Å². The van der Waals surface area contributed by atoms with Gasteiger partial charge in [-0.25, -0.2) is 0 Å². The Morgan fingerprint density at radius 2 is 1.94 bits per heavy atom. The summed E-state index contributed by atoms with van der Waals surface area (Å²) in [4.78, 5) is 22.5. The van der Waals surface area contributed by atoms with Crippen LogP contribution in [0.1, 0.15) is 40.0 Å². The number of nitrogens with two attached hydrogens (primary N) is 1. The molecule has 3 N–H and O–H groups in total. The van der Waals surface area contributed by atoms with Gasteiger partial charge in [-0.3, -0.25) is 9.59 Å². The number of ether oxygens (including phenoxy) is 1. The normalized spacial score (nSPS) is 11.1. The fourth-order valence-electron chi connectivity index (χ4n) is 1.44. The average molecular weight is 244 g/mol. The van der Waals surface area contributed by atoms with E-state index in [0.29, 0.717) is 19.6 Å². The first-order valence-corrected chi connectivity index (χ1v) is 6.03. The van der Waals surface area contributed by atoms with Crippen molar-refractivity contribution in [2.24, 2.45) is 11.1 Å². The Hall–Kier alpha value is -1.10. The molecule has 0 aromatic carbocycles. The van der Waals surface area contributed by atoms with Gasteiger partial charge in [0, 0.05) is 6.42 Å². The molecule has 0 fully saturated rings. The lowest BCUT2D eigenvalue weighted by Gasteiger charge is -2.23. The second-order valence-electron chi connectivity index (χ2n) is 4.78. The van der Waals surface area contributed by atoms with Crippen LogP contribution in [-0.4, -0.2) is 31.6 Å². The Bertz CT molecular complexity index is 252. The van der Waals surface area contributed by atoms with Crippen LogP contribution in [0.5, 0.6) is 0 Å². The molecule has 0 bridgehead atoms. The first-order valence-electron chi connectivity index (χ1n) is 6.03. The Kier molecular flexibility index (Phi) is 7.54. The Labute approximate surface area is 103 Å². The molecule has 5 nitrogen and oxygen atoms in total. The first-order chi connectivity index (χ1) is 7.91. The predicted molar refractivity (Wildman–Crippen MR) is 66.3 cm³/mol. The lowest BCUT2D eigenvalue weighted by atomic mass is 9.84. The van der Waals surface area contributed by atoms with Gasteiger partial charge in [0.25, 0.3) is 0 Å². The molecule has 0 aliphatic rings. The maximum atomic E-state index is 11.5. The molecule has 0 radical (unpaired) electrons. The third kappa shape index (κ3) is 8.68. The lowest BCUT2D eigenvalue weighted by molar-refractivity contribution is -0.143. The lowest BCUT2D eigenvalue weighted by Crippen LogP contribution is -2.31. The zero-order valence-electron chi connectivity index (χ0n) is 11.0. The summed E-state index contributed by atoms with van der Waals surface area (Å²) in [6.45, 7) is 6.80. The zero-order valence-corrected chi connectivity index (χ0v) is 11.0. The largest absolute Gasteiger partial charge is 0.465 e. The van der Waals surface area contributed by atoms with Crippen LogP contribution in [0.15, 0.2) is 0 Å². The SMILES string of the molecule is CCOC(=O)CNC(=O)CCC(C)(C)CCN. The zero-order chi connectivity index (χ0) is 13.3. The summed E-state index contributed by atoms with van der Waals surface area (Å²) in [6.07, 6.45) is 2.06. The molecular weight excluding hydrogens is 220 g/mol. The fraction of sp³-hybridized carbons (Fsp3) is 0.833. The van der Waals surface area contributed by atoms with Crippen molar-refractivity contribution < 1.29 is 14.3 Å². The smallest absolute Gasteiger partial charge is 0.325 e. The number of hydrogen-bond acceptors (Lipinski definition) is 4. The maximum absolute atomic E-state index is 11.5. The molecule has 0 aromatic heterocycles. The van der Waals surface area contributed by atoms with Gasteiger partial charge in [0.2, 0.25) is 5.91 Å². The highest BCUT2D eigenvalue weighted by atomic mass is 16.5. The summed E-state index contributed by atoms with van der Waals surface area (Å²) in [5.74, 6) is -0.523. The maximum Gasteiger partial charge on any atom is 0.325 e. The van der Waals surface area contributed by atoms with Crippen molar-refractivity contribution in [1.29, 1.82) is 0 Å². The highest BCUT2D eigenvalue weighted by Gasteiger charge is 2.18. The average Bonchev–Trinajstić information content (AvgIpc) is 2.24. The van der Waals surface area contributed by atoms with Crippen LogP contribution in [0.2, 0.25) is 0 Å². The highest BCUT2D eigenvalue weighted by molar-refractivity contribution is 5.81. The van der Waals surface area contributed by atoms with Crippen LogP contribution in [0.25, 0.3) is 0 Å². The van der Waals surface area contributed by atoms with Crippen LogP contribution < -0.4 is 11.1 Å². The molecule has 0 aliphatic carbocycles. The van der Waals surface area contributed by atoms with Crippen molar-refractivity contribution in [3.63, 3.8) is 0 Å². The number of carbonyl (C=O) groups is 2. The second kappa shape index (κ2) is 8.06. The summed E-state index contributed by atoms with van der Waals surface area (Å²) in [5.41, 5.74) is 5.56. The third-order valence-corrected chi connectivity index (χ3v) is 2.59. The predicted octanol–water partition coefficient (Wildman–Crippen LogP) is 0.821. The van der Waals surface area contributed by atoms with Gasteiger partial charge < -0.3 is 15.8 Å². The van der Waals surface area contributed by atoms with Crippen molar-refractivity contribution in [1.82, 2.24) is 5.32 Å². The van der Waals surface area contributed by atoms with Gasteiger partial charge in [-0.15, -0.1) is 0 Å². The molecule has 17 heavy (non-hydrogen) atoms. The van der Waals surface area contributed by atoms with Crippen molar-refractivity contribution in [2.75, 3.05) is 19.7 Å². The van der Waals surface area contributed by atoms with Crippen LogP contribution >= 0.6 is 0 Å². The number of esters is 1. The standard InChI is InChI=1S/C12H24N2O3/c1-4-17-11(16)9-14-10(15)5-6-12(2,3)7-8-13/h4-9,13H2,1-3H3,(H,14,15). The Morgan fingerprint density at radius 1 is 1.29 bits per heavy atom. The Morgan fingerprint density at radius 3 is 2.47 bits per heavy atom. The van der Waals surface area contributed by atoms with Crippen molar-refractivity contribution >= 4 is 11.9 Å². The first kappa shape index (κ1) is 15.9. The van der Waals surface area contributed by atoms with Crippen LogP contribution in [-0.2, 0) is 14.3 Å². The molecule has 0 unspecified atom stereocenters. The van der Waals surface area contributed by atoms with Gasteiger partial charge >= 0.3 is 5.97 Å². The van der Waals surface area contributed by atoms with E-state index in [1.54, 1.807) is 6.92 Å². The van der Waals surface area contributed by atoms with E-state index in [-0.39, 0.29) is 17.9 Å². The van der Waals surface area contributed by atoms with Crippen molar-refractivity contribution in [3.05, 3.63) is 0 Å². The van der Waals surface area contributed by atoms with Gasteiger partial charge in [-0.2, -0.15) is 0 Å². The molecule has 100 valence electrons. The van der Waals surface area contributed by atoms with E-state index >= 15 is 0 Å². The molecule has 5 heteroatoms. The molecule has 0 rings (SSSR count). The second-order valence-corrected chi connectivity index (χ2v) is 4.78. The van der Waals surface area contributed by atoms with E-state index in [1.165, 1.54) is 0 Å². The van der Waals surface area contributed by atoms with Gasteiger partial charge in [0.05, 0.1) is 6.61 Å². The number of carbonyl (C=O) groups excluding carboxylic acids is 2. The number of rotatable bonds is 8. The van der Waals surface area contributed by atoms with Gasteiger partial charge in [-0.1, -0.05) is 13.8 Å². The molecule has 0 atom stereocenters. The summed E-state index contributed by atoms with van der Waals surface area (Å²) in [5, 5.41) is 2.54. The van der Waals surface area contributed by atoms with Crippen LogP contribution in [0.4, 0.5) is 0 Å². The monoisotopic (exact) mass is 244 g/mol. The molecule has 0 saturated heterocycles. The third-order valence-electron chi connectivity index (χ3n) is 2.59. The molecule has 0 aromatic rings. The molecule has 1 amide bonds. The van der Waals surface area contributed by atoms with E-state index in [4.69, 9.17) is 10.5 Å². The van der Waals surface area contributed by atoms with Crippen LogP contribution in [0, 0.1) is 5.41 Å². The van der Waals surface area contributed by atoms with Crippen LogP contribution in [0.3, 0.4) is 0 Å². The van der Waals surface area contributed by atoms with Gasteiger partial charge in [0.15, 0.2) is 0 Å². The van der Waals surface area contributed by atoms with E-state index < -0.39 is 5.97 Å². The van der Waals surface area contributed by atoms with E-state index in [9.17, 15) is 9.59 Å². The minimum atomic E-state index is -0.401.